The Morgan fingerprint density at radius 3 is 2.74 bits per heavy atom. The Kier molecular flexibility index (Phi) is 5.62. The molecule has 2 fully saturated rings. The van der Waals surface area contributed by atoms with Gasteiger partial charge in [-0.15, -0.1) is 0 Å². The fraction of sp³-hybridized carbons (Fsp3) is 0.360. The van der Waals surface area contributed by atoms with Crippen molar-refractivity contribution in [1.82, 2.24) is 24.1 Å². The van der Waals surface area contributed by atoms with Crippen LogP contribution in [0.2, 0.25) is 10.0 Å². The number of aromatic nitrogens is 5. The van der Waals surface area contributed by atoms with Crippen LogP contribution in [0, 0.1) is 12.7 Å². The van der Waals surface area contributed by atoms with Crippen molar-refractivity contribution in [3.05, 3.63) is 80.0 Å². The fourth-order valence-electron chi connectivity index (χ4n) is 4.66. The molecule has 4 aromatic rings. The number of fused-ring (bicyclic) bond motifs is 1. The number of hydrogen-bond donors (Lipinski definition) is 0. The molecule has 0 spiro atoms. The second-order valence-electron chi connectivity index (χ2n) is 9.21. The molecular formula is C25H22Cl2FN5O2. The van der Waals surface area contributed by atoms with Crippen LogP contribution in [-0.4, -0.2) is 30.8 Å². The molecule has 10 heteroatoms. The van der Waals surface area contributed by atoms with Gasteiger partial charge in [-0.3, -0.25) is 13.9 Å². The van der Waals surface area contributed by atoms with Crippen molar-refractivity contribution < 1.29 is 9.13 Å². The Morgan fingerprint density at radius 2 is 1.97 bits per heavy atom. The van der Waals surface area contributed by atoms with Crippen LogP contribution in [0.5, 0.6) is 0 Å². The Labute approximate surface area is 210 Å². The van der Waals surface area contributed by atoms with Crippen LogP contribution in [0.25, 0.3) is 16.9 Å². The lowest BCUT2D eigenvalue weighted by atomic mass is 9.90. The van der Waals surface area contributed by atoms with Crippen molar-refractivity contribution in [2.75, 3.05) is 6.61 Å². The molecule has 1 aliphatic heterocycles. The molecule has 1 aromatic carbocycles. The van der Waals surface area contributed by atoms with Crippen molar-refractivity contribution in [2.45, 2.75) is 50.7 Å². The summed E-state index contributed by atoms with van der Waals surface area (Å²) in [4.78, 5) is 22.4. The zero-order chi connectivity index (χ0) is 24.3. The first-order chi connectivity index (χ1) is 16.9. The Balaban J connectivity index is 1.45. The van der Waals surface area contributed by atoms with Crippen molar-refractivity contribution in [1.29, 1.82) is 0 Å². The van der Waals surface area contributed by atoms with Gasteiger partial charge in [0, 0.05) is 41.1 Å². The van der Waals surface area contributed by atoms with Crippen LogP contribution in [0.3, 0.4) is 0 Å². The molecular weight excluding hydrogens is 492 g/mol. The zero-order valence-corrected chi connectivity index (χ0v) is 20.4. The van der Waals surface area contributed by atoms with Crippen molar-refractivity contribution in [3.63, 3.8) is 0 Å². The molecule has 2 aliphatic rings. The first-order valence-corrected chi connectivity index (χ1v) is 12.3. The monoisotopic (exact) mass is 513 g/mol. The number of halogens is 3. The van der Waals surface area contributed by atoms with E-state index < -0.39 is 11.4 Å². The molecule has 7 nitrogen and oxygen atoms in total. The lowest BCUT2D eigenvalue weighted by molar-refractivity contribution is 0.00454. The molecule has 0 radical (unpaired) electrons. The van der Waals surface area contributed by atoms with Gasteiger partial charge in [0.25, 0.3) is 5.56 Å². The van der Waals surface area contributed by atoms with E-state index >= 15 is 0 Å². The van der Waals surface area contributed by atoms with Crippen molar-refractivity contribution in [2.24, 2.45) is 0 Å². The predicted octanol–water partition coefficient (Wildman–Crippen LogP) is 5.68. The minimum absolute atomic E-state index is 0.0106. The van der Waals surface area contributed by atoms with E-state index in [0.29, 0.717) is 30.5 Å². The van der Waals surface area contributed by atoms with E-state index in [1.54, 1.807) is 25.3 Å². The molecule has 0 amide bonds. The molecule has 6 rings (SSSR count). The zero-order valence-electron chi connectivity index (χ0n) is 18.9. The van der Waals surface area contributed by atoms with Gasteiger partial charge in [-0.1, -0.05) is 23.2 Å². The first kappa shape index (κ1) is 22.6. The first-order valence-electron chi connectivity index (χ1n) is 11.6. The van der Waals surface area contributed by atoms with E-state index in [1.807, 2.05) is 10.9 Å². The second kappa shape index (κ2) is 8.69. The summed E-state index contributed by atoms with van der Waals surface area (Å²) in [6.07, 6.45) is 9.17. The van der Waals surface area contributed by atoms with Crippen LogP contribution in [0.1, 0.15) is 60.7 Å². The fourth-order valence-corrected chi connectivity index (χ4v) is 4.95. The molecule has 1 saturated heterocycles. The molecule has 0 N–H and O–H groups in total. The second-order valence-corrected chi connectivity index (χ2v) is 10.0. The summed E-state index contributed by atoms with van der Waals surface area (Å²) in [6, 6.07) is 4.87. The average molecular weight is 514 g/mol. The van der Waals surface area contributed by atoms with Crippen LogP contribution in [0.15, 0.2) is 41.6 Å². The normalized spacial score (nSPS) is 20.5. The maximum absolute atomic E-state index is 15.0. The quantitative estimate of drug-likeness (QED) is 0.351. The molecule has 35 heavy (non-hydrogen) atoms. The van der Waals surface area contributed by atoms with E-state index in [4.69, 9.17) is 32.9 Å². The van der Waals surface area contributed by atoms with Gasteiger partial charge in [0.15, 0.2) is 5.65 Å². The Bertz CT molecular complexity index is 1510. The maximum atomic E-state index is 15.0. The molecule has 180 valence electrons. The Hall–Kier alpha value is -2.81. The van der Waals surface area contributed by atoms with Gasteiger partial charge in [-0.25, -0.2) is 14.4 Å². The van der Waals surface area contributed by atoms with Gasteiger partial charge < -0.3 is 4.74 Å². The van der Waals surface area contributed by atoms with E-state index in [0.717, 1.165) is 24.8 Å². The number of aryl methyl sites for hydroxylation is 1. The van der Waals surface area contributed by atoms with Gasteiger partial charge in [0.2, 0.25) is 0 Å². The topological polar surface area (TPSA) is 74.3 Å². The number of ether oxygens (including phenoxy) is 1. The van der Waals surface area contributed by atoms with Gasteiger partial charge in [-0.2, -0.15) is 5.10 Å². The highest BCUT2D eigenvalue weighted by atomic mass is 35.5. The summed E-state index contributed by atoms with van der Waals surface area (Å²) in [7, 11) is 0. The third kappa shape index (κ3) is 4.13. The molecule has 1 aliphatic carbocycles. The molecule has 4 heterocycles. The highest BCUT2D eigenvalue weighted by Gasteiger charge is 2.30. The lowest BCUT2D eigenvalue weighted by Crippen LogP contribution is -2.23. The number of nitrogens with zero attached hydrogens (tertiary/aromatic N) is 5. The summed E-state index contributed by atoms with van der Waals surface area (Å²) >= 11 is 12.2. The summed E-state index contributed by atoms with van der Waals surface area (Å²) in [6.45, 7) is 2.18. The summed E-state index contributed by atoms with van der Waals surface area (Å²) < 4.78 is 24.4. The van der Waals surface area contributed by atoms with Crippen molar-refractivity contribution in [3.8, 4) is 11.3 Å². The van der Waals surface area contributed by atoms with Crippen LogP contribution in [-0.2, 0) is 4.74 Å². The van der Waals surface area contributed by atoms with Crippen LogP contribution < -0.4 is 5.56 Å². The van der Waals surface area contributed by atoms with Gasteiger partial charge in [-0.05, 0) is 50.8 Å². The van der Waals surface area contributed by atoms with E-state index in [-0.39, 0.29) is 39.0 Å². The lowest BCUT2D eigenvalue weighted by Gasteiger charge is -2.29. The minimum Gasteiger partial charge on any atom is -0.373 e. The summed E-state index contributed by atoms with van der Waals surface area (Å²) in [5.74, 6) is -0.549. The summed E-state index contributed by atoms with van der Waals surface area (Å²) in [5, 5.41) is 4.79. The van der Waals surface area contributed by atoms with E-state index in [1.165, 1.54) is 10.5 Å². The largest absolute Gasteiger partial charge is 0.373 e. The average Bonchev–Trinajstić information content (AvgIpc) is 3.59. The molecule has 0 unspecified atom stereocenters. The molecule has 2 atom stereocenters. The number of hydrogen-bond acceptors (Lipinski definition) is 5. The molecule has 3 aromatic heterocycles. The van der Waals surface area contributed by atoms with Gasteiger partial charge in [0.05, 0.1) is 29.7 Å². The predicted molar refractivity (Wildman–Crippen MR) is 131 cm³/mol. The third-order valence-corrected chi connectivity index (χ3v) is 7.41. The van der Waals surface area contributed by atoms with Gasteiger partial charge in [0.1, 0.15) is 16.5 Å². The Morgan fingerprint density at radius 1 is 1.14 bits per heavy atom. The SMILES string of the molecule is Cc1nc2c(-c3ccc(Cl)cc3F)nc([C@@H]3CCO[C@@H](c4cnn(C5CC5)c4)C3)cn2c(=O)c1Cl. The number of rotatable bonds is 4. The highest BCUT2D eigenvalue weighted by Crippen LogP contribution is 2.40. The van der Waals surface area contributed by atoms with E-state index in [9.17, 15) is 9.18 Å². The number of benzene rings is 1. The van der Waals surface area contributed by atoms with Crippen LogP contribution >= 0.6 is 23.2 Å². The van der Waals surface area contributed by atoms with Gasteiger partial charge >= 0.3 is 0 Å². The van der Waals surface area contributed by atoms with Crippen LogP contribution in [0.4, 0.5) is 4.39 Å². The highest BCUT2D eigenvalue weighted by molar-refractivity contribution is 6.31. The molecule has 0 bridgehead atoms. The summed E-state index contributed by atoms with van der Waals surface area (Å²) in [5.41, 5.74) is 2.38. The van der Waals surface area contributed by atoms with E-state index in [2.05, 4.69) is 16.3 Å². The minimum atomic E-state index is -0.539. The third-order valence-electron chi connectivity index (χ3n) is 6.74. The maximum Gasteiger partial charge on any atom is 0.277 e. The smallest absolute Gasteiger partial charge is 0.277 e. The van der Waals surface area contributed by atoms with Crippen molar-refractivity contribution >= 4 is 28.8 Å². The molecule has 1 saturated carbocycles. The standard InChI is InChI=1S/C25H22Cl2FN5O2/c1-13-22(27)25(34)32-12-20(31-23(24(32)30-13)18-5-2-16(26)9-19(18)28)14-6-7-35-21(8-14)15-10-29-33(11-15)17-3-4-17/h2,5,9-12,14,17,21H,3-4,6-8H2,1H3/t14-,21-/m1/s1.